The van der Waals surface area contributed by atoms with Gasteiger partial charge in [-0.15, -0.1) is 11.3 Å². The van der Waals surface area contributed by atoms with Crippen LogP contribution in [0.5, 0.6) is 0 Å². The molecule has 2 aromatic rings. The Labute approximate surface area is 98.2 Å². The second kappa shape index (κ2) is 4.53. The zero-order valence-electron chi connectivity index (χ0n) is 9.23. The van der Waals surface area contributed by atoms with Crippen molar-refractivity contribution in [2.45, 2.75) is 20.3 Å². The Morgan fingerprint density at radius 2 is 2.31 bits per heavy atom. The summed E-state index contributed by atoms with van der Waals surface area (Å²) in [7, 11) is 0. The molecule has 2 aromatic heterocycles. The molecule has 2 heterocycles. The fraction of sp³-hybridized carbons (Fsp3) is 0.250. The van der Waals surface area contributed by atoms with Crippen molar-refractivity contribution < 1.29 is 4.79 Å². The molecule has 2 rings (SSSR count). The van der Waals surface area contributed by atoms with Gasteiger partial charge in [0.2, 0.25) is 0 Å². The first-order valence-electron chi connectivity index (χ1n) is 5.13. The van der Waals surface area contributed by atoms with Gasteiger partial charge in [0.15, 0.2) is 5.78 Å². The molecule has 0 saturated heterocycles. The van der Waals surface area contributed by atoms with Crippen LogP contribution in [0, 0.1) is 0 Å². The maximum Gasteiger partial charge on any atom is 0.178 e. The highest BCUT2D eigenvalue weighted by molar-refractivity contribution is 7.13. The second-order valence-electron chi connectivity index (χ2n) is 3.46. The smallest absolute Gasteiger partial charge is 0.178 e. The van der Waals surface area contributed by atoms with Crippen molar-refractivity contribution in [3.05, 3.63) is 35.0 Å². The van der Waals surface area contributed by atoms with E-state index in [9.17, 15) is 4.79 Å². The molecule has 0 unspecified atom stereocenters. The number of aromatic nitrogens is 2. The zero-order valence-corrected chi connectivity index (χ0v) is 10.0. The van der Waals surface area contributed by atoms with Crippen LogP contribution in [0.15, 0.2) is 23.7 Å². The number of carbonyl (C=O) groups excluding carboxylic acids is 1. The molecule has 82 valence electrons. The fourth-order valence-electron chi connectivity index (χ4n) is 1.46. The van der Waals surface area contributed by atoms with E-state index in [2.05, 4.69) is 16.9 Å². The minimum atomic E-state index is -0.00326. The third kappa shape index (κ3) is 2.02. The van der Waals surface area contributed by atoms with E-state index < -0.39 is 0 Å². The number of Topliss-reactive ketones (excluding diaryl/α,β-unsaturated/α-hetero) is 1. The second-order valence-corrected chi connectivity index (χ2v) is 4.32. The van der Waals surface area contributed by atoms with Crippen LogP contribution in [0.3, 0.4) is 0 Å². The standard InChI is InChI=1S/C12H12N2OS/c1-3-9-5-4-6-13-11(9)12-14-10(7-16-12)8(2)15/h4-7H,3H2,1-2H3. The van der Waals surface area contributed by atoms with Crippen molar-refractivity contribution in [2.24, 2.45) is 0 Å². The van der Waals surface area contributed by atoms with E-state index in [0.29, 0.717) is 5.69 Å². The molecule has 0 aromatic carbocycles. The van der Waals surface area contributed by atoms with Crippen molar-refractivity contribution in [3.63, 3.8) is 0 Å². The predicted octanol–water partition coefficient (Wildman–Crippen LogP) is 2.97. The summed E-state index contributed by atoms with van der Waals surface area (Å²) in [6.07, 6.45) is 2.67. The Morgan fingerprint density at radius 3 is 2.94 bits per heavy atom. The lowest BCUT2D eigenvalue weighted by molar-refractivity contribution is 0.101. The van der Waals surface area contributed by atoms with Crippen molar-refractivity contribution in [2.75, 3.05) is 0 Å². The van der Waals surface area contributed by atoms with Crippen LogP contribution in [0.4, 0.5) is 0 Å². The quantitative estimate of drug-likeness (QED) is 0.764. The van der Waals surface area contributed by atoms with E-state index in [-0.39, 0.29) is 5.78 Å². The van der Waals surface area contributed by atoms with Gasteiger partial charge in [0.1, 0.15) is 16.4 Å². The SMILES string of the molecule is CCc1cccnc1-c1nc(C(C)=O)cs1. The first kappa shape index (κ1) is 11.0. The number of rotatable bonds is 3. The fourth-order valence-corrected chi connectivity index (χ4v) is 2.35. The van der Waals surface area contributed by atoms with E-state index in [1.807, 2.05) is 12.1 Å². The minimum absolute atomic E-state index is 0.00326. The van der Waals surface area contributed by atoms with Crippen LogP contribution >= 0.6 is 11.3 Å². The van der Waals surface area contributed by atoms with Crippen molar-refractivity contribution >= 4 is 17.1 Å². The molecule has 0 saturated carbocycles. The van der Waals surface area contributed by atoms with Crippen LogP contribution in [-0.2, 0) is 6.42 Å². The van der Waals surface area contributed by atoms with Gasteiger partial charge in [-0.1, -0.05) is 13.0 Å². The van der Waals surface area contributed by atoms with Crippen LogP contribution in [-0.4, -0.2) is 15.8 Å². The highest BCUT2D eigenvalue weighted by Crippen LogP contribution is 2.25. The van der Waals surface area contributed by atoms with Gasteiger partial charge in [-0.2, -0.15) is 0 Å². The van der Waals surface area contributed by atoms with Crippen LogP contribution in [0.25, 0.3) is 10.7 Å². The average Bonchev–Trinajstić information content (AvgIpc) is 2.78. The molecule has 0 bridgehead atoms. The van der Waals surface area contributed by atoms with Crippen LogP contribution in [0.1, 0.15) is 29.9 Å². The Morgan fingerprint density at radius 1 is 1.50 bits per heavy atom. The summed E-state index contributed by atoms with van der Waals surface area (Å²) in [5.41, 5.74) is 2.57. The van der Waals surface area contributed by atoms with E-state index in [1.165, 1.54) is 18.3 Å². The van der Waals surface area contributed by atoms with E-state index in [1.54, 1.807) is 11.6 Å². The third-order valence-electron chi connectivity index (χ3n) is 2.34. The largest absolute Gasteiger partial charge is 0.293 e. The molecule has 0 amide bonds. The topological polar surface area (TPSA) is 42.9 Å². The molecule has 0 fully saturated rings. The van der Waals surface area contributed by atoms with Gasteiger partial charge in [-0.3, -0.25) is 9.78 Å². The summed E-state index contributed by atoms with van der Waals surface area (Å²) >= 11 is 1.47. The number of ketones is 1. The summed E-state index contributed by atoms with van der Waals surface area (Å²) in [4.78, 5) is 19.8. The summed E-state index contributed by atoms with van der Waals surface area (Å²) in [5, 5.41) is 2.61. The third-order valence-corrected chi connectivity index (χ3v) is 3.19. The number of hydrogen-bond donors (Lipinski definition) is 0. The van der Waals surface area contributed by atoms with Gasteiger partial charge in [0, 0.05) is 18.5 Å². The van der Waals surface area contributed by atoms with Crippen LogP contribution < -0.4 is 0 Å². The number of thiazole rings is 1. The Kier molecular flexibility index (Phi) is 3.10. The number of aryl methyl sites for hydroxylation is 1. The van der Waals surface area contributed by atoms with Gasteiger partial charge in [0.25, 0.3) is 0 Å². The molecule has 0 spiro atoms. The van der Waals surface area contributed by atoms with Crippen LogP contribution in [0.2, 0.25) is 0 Å². The van der Waals surface area contributed by atoms with E-state index in [4.69, 9.17) is 0 Å². The predicted molar refractivity (Wildman–Crippen MR) is 64.7 cm³/mol. The molecule has 0 atom stereocenters. The summed E-state index contributed by atoms with van der Waals surface area (Å²) < 4.78 is 0. The molecule has 0 aliphatic heterocycles. The van der Waals surface area contributed by atoms with E-state index >= 15 is 0 Å². The van der Waals surface area contributed by atoms with Gasteiger partial charge >= 0.3 is 0 Å². The van der Waals surface area contributed by atoms with Gasteiger partial charge in [-0.25, -0.2) is 4.98 Å². The van der Waals surface area contributed by atoms with Crippen molar-refractivity contribution in [1.82, 2.24) is 9.97 Å². The molecule has 0 radical (unpaired) electrons. The first-order valence-corrected chi connectivity index (χ1v) is 6.01. The highest BCUT2D eigenvalue weighted by Gasteiger charge is 2.11. The molecular formula is C12H12N2OS. The van der Waals surface area contributed by atoms with Crippen molar-refractivity contribution in [1.29, 1.82) is 0 Å². The summed E-state index contributed by atoms with van der Waals surface area (Å²) in [6, 6.07) is 3.96. The van der Waals surface area contributed by atoms with Gasteiger partial charge in [-0.05, 0) is 18.1 Å². The molecule has 4 heteroatoms. The number of pyridine rings is 1. The maximum atomic E-state index is 11.2. The van der Waals surface area contributed by atoms with E-state index in [0.717, 1.165) is 22.7 Å². The summed E-state index contributed by atoms with van der Waals surface area (Å²) in [5.74, 6) is -0.00326. The molecular weight excluding hydrogens is 220 g/mol. The monoisotopic (exact) mass is 232 g/mol. The molecule has 0 aliphatic carbocycles. The van der Waals surface area contributed by atoms with Crippen molar-refractivity contribution in [3.8, 4) is 10.7 Å². The molecule has 0 aliphatic rings. The summed E-state index contributed by atoms with van der Waals surface area (Å²) in [6.45, 7) is 3.61. The van der Waals surface area contributed by atoms with Gasteiger partial charge in [0.05, 0.1) is 0 Å². The number of carbonyl (C=O) groups is 1. The lowest BCUT2D eigenvalue weighted by Gasteiger charge is -2.01. The molecule has 0 N–H and O–H groups in total. The maximum absolute atomic E-state index is 11.2. The Hall–Kier alpha value is -1.55. The molecule has 3 nitrogen and oxygen atoms in total. The molecule has 16 heavy (non-hydrogen) atoms. The minimum Gasteiger partial charge on any atom is -0.293 e. The number of nitrogens with zero attached hydrogens (tertiary/aromatic N) is 2. The lowest BCUT2D eigenvalue weighted by atomic mass is 10.1. The Balaban J connectivity index is 2.46. The number of hydrogen-bond acceptors (Lipinski definition) is 4. The van der Waals surface area contributed by atoms with Gasteiger partial charge < -0.3 is 0 Å². The lowest BCUT2D eigenvalue weighted by Crippen LogP contribution is -1.94. The normalized spacial score (nSPS) is 10.4. The average molecular weight is 232 g/mol. The highest BCUT2D eigenvalue weighted by atomic mass is 32.1. The Bertz CT molecular complexity index is 519. The first-order chi connectivity index (χ1) is 7.72. The zero-order chi connectivity index (χ0) is 11.5.